The fourth-order valence-corrected chi connectivity index (χ4v) is 3.08. The number of hydrogen-bond donors (Lipinski definition) is 1. The first-order chi connectivity index (χ1) is 12.4. The van der Waals surface area contributed by atoms with E-state index < -0.39 is 0 Å². The quantitative estimate of drug-likeness (QED) is 0.734. The summed E-state index contributed by atoms with van der Waals surface area (Å²) in [6, 6.07) is 3.68. The highest BCUT2D eigenvalue weighted by Gasteiger charge is 2.18. The molecule has 2 aromatic heterocycles. The lowest BCUT2D eigenvalue weighted by Crippen LogP contribution is -2.31. The van der Waals surface area contributed by atoms with Crippen LogP contribution in [-0.2, 0) is 4.79 Å². The fourth-order valence-electron chi connectivity index (χ4n) is 3.08. The van der Waals surface area contributed by atoms with E-state index >= 15 is 0 Å². The molecule has 2 amide bonds. The lowest BCUT2D eigenvalue weighted by atomic mass is 10.2. The van der Waals surface area contributed by atoms with Crippen LogP contribution in [0.2, 0.25) is 0 Å². The number of hydrogen-bond acceptors (Lipinski definition) is 4. The second-order valence-corrected chi connectivity index (χ2v) is 6.34. The van der Waals surface area contributed by atoms with Crippen LogP contribution in [0.4, 0.5) is 0 Å². The molecule has 0 atom stereocenters. The van der Waals surface area contributed by atoms with Gasteiger partial charge in [0.2, 0.25) is 5.91 Å². The molecule has 0 aliphatic heterocycles. The molecule has 0 aromatic carbocycles. The molecule has 1 N–H and O–H groups in total. The molecule has 0 radical (unpaired) electrons. The minimum absolute atomic E-state index is 0.129. The topological polar surface area (TPSA) is 80.4 Å². The van der Waals surface area contributed by atoms with E-state index in [-0.39, 0.29) is 11.8 Å². The number of nitrogens with one attached hydrogen (secondary N) is 1. The van der Waals surface area contributed by atoms with Gasteiger partial charge in [-0.05, 0) is 47.1 Å². The summed E-state index contributed by atoms with van der Waals surface area (Å²) < 4.78 is 7.03. The first kappa shape index (κ1) is 19.8. The van der Waals surface area contributed by atoms with Crippen molar-refractivity contribution in [3.8, 4) is 5.82 Å². The minimum Gasteiger partial charge on any atom is -0.360 e. The lowest BCUT2D eigenvalue weighted by molar-refractivity contribution is -0.130. The van der Waals surface area contributed by atoms with E-state index in [9.17, 15) is 9.59 Å². The lowest BCUT2D eigenvalue weighted by Gasteiger charge is -2.18. The average Bonchev–Trinajstić information content (AvgIpc) is 3.15. The number of amides is 2. The Morgan fingerprint density at radius 3 is 2.46 bits per heavy atom. The molecule has 26 heavy (non-hydrogen) atoms. The van der Waals surface area contributed by atoms with Gasteiger partial charge < -0.3 is 14.7 Å². The molecule has 0 unspecified atom stereocenters. The third-order valence-corrected chi connectivity index (χ3v) is 4.49. The van der Waals surface area contributed by atoms with Gasteiger partial charge in [0.25, 0.3) is 5.91 Å². The molecular weight excluding hydrogens is 332 g/mol. The van der Waals surface area contributed by atoms with E-state index in [1.165, 1.54) is 0 Å². The van der Waals surface area contributed by atoms with Crippen LogP contribution in [0.5, 0.6) is 0 Å². The van der Waals surface area contributed by atoms with Gasteiger partial charge in [-0.3, -0.25) is 14.2 Å². The summed E-state index contributed by atoms with van der Waals surface area (Å²) in [5.74, 6) is 1.38. The summed E-state index contributed by atoms with van der Waals surface area (Å²) in [5.41, 5.74) is 2.34. The summed E-state index contributed by atoms with van der Waals surface area (Å²) in [6.45, 7) is 11.5. The highest BCUT2D eigenvalue weighted by atomic mass is 16.5. The van der Waals surface area contributed by atoms with Crippen LogP contribution in [0.1, 0.15) is 54.2 Å². The Labute approximate surface area is 154 Å². The van der Waals surface area contributed by atoms with E-state index in [2.05, 4.69) is 10.5 Å². The molecule has 7 nitrogen and oxygen atoms in total. The predicted octanol–water partition coefficient (Wildman–Crippen LogP) is 2.77. The zero-order valence-electron chi connectivity index (χ0n) is 16.3. The van der Waals surface area contributed by atoms with Gasteiger partial charge in [0.05, 0.1) is 5.56 Å². The molecule has 2 heterocycles. The van der Waals surface area contributed by atoms with Crippen molar-refractivity contribution >= 4 is 11.8 Å². The maximum absolute atomic E-state index is 12.5. The molecular formula is C19H28N4O3. The van der Waals surface area contributed by atoms with E-state index in [1.54, 1.807) is 4.90 Å². The predicted molar refractivity (Wildman–Crippen MR) is 99.5 cm³/mol. The molecule has 0 fully saturated rings. The molecule has 0 spiro atoms. The Bertz CT molecular complexity index is 772. The van der Waals surface area contributed by atoms with Crippen LogP contribution in [0.15, 0.2) is 16.7 Å². The normalized spacial score (nSPS) is 10.8. The van der Waals surface area contributed by atoms with E-state index in [4.69, 9.17) is 4.52 Å². The number of rotatable bonds is 8. The molecule has 0 saturated carbocycles. The zero-order valence-corrected chi connectivity index (χ0v) is 16.3. The standard InChI is InChI=1S/C19H28N4O3/c1-6-22(7-2)18(24)9-8-10-20-19(25)16-11-13(3)23(15(16)5)17-12-14(4)26-21-17/h11-12H,6-10H2,1-5H3,(H,20,25). The smallest absolute Gasteiger partial charge is 0.253 e. The van der Waals surface area contributed by atoms with Gasteiger partial charge in [-0.25, -0.2) is 0 Å². The molecule has 0 aliphatic rings. The number of carbonyl (C=O) groups is 2. The number of nitrogens with zero attached hydrogens (tertiary/aromatic N) is 3. The summed E-state index contributed by atoms with van der Waals surface area (Å²) >= 11 is 0. The van der Waals surface area contributed by atoms with Crippen molar-refractivity contribution in [1.82, 2.24) is 19.9 Å². The molecule has 2 rings (SSSR count). The average molecular weight is 360 g/mol. The second kappa shape index (κ2) is 8.69. The number of aromatic nitrogens is 2. The van der Waals surface area contributed by atoms with Crippen LogP contribution >= 0.6 is 0 Å². The Hall–Kier alpha value is -2.57. The van der Waals surface area contributed by atoms with Crippen LogP contribution in [0.25, 0.3) is 5.82 Å². The van der Waals surface area contributed by atoms with E-state index in [0.717, 1.165) is 30.2 Å². The van der Waals surface area contributed by atoms with Crippen molar-refractivity contribution in [2.75, 3.05) is 19.6 Å². The Morgan fingerprint density at radius 2 is 1.88 bits per heavy atom. The molecule has 0 bridgehead atoms. The largest absolute Gasteiger partial charge is 0.360 e. The van der Waals surface area contributed by atoms with Crippen LogP contribution in [0.3, 0.4) is 0 Å². The van der Waals surface area contributed by atoms with Crippen molar-refractivity contribution in [1.29, 1.82) is 0 Å². The number of carbonyl (C=O) groups excluding carboxylic acids is 2. The van der Waals surface area contributed by atoms with Crippen LogP contribution < -0.4 is 5.32 Å². The summed E-state index contributed by atoms with van der Waals surface area (Å²) in [7, 11) is 0. The van der Waals surface area contributed by atoms with E-state index in [0.29, 0.717) is 30.8 Å². The minimum atomic E-state index is -0.139. The molecule has 7 heteroatoms. The van der Waals surface area contributed by atoms with Gasteiger partial charge in [0.1, 0.15) is 5.76 Å². The summed E-state index contributed by atoms with van der Waals surface area (Å²) in [6.07, 6.45) is 1.07. The Balaban J connectivity index is 1.95. The maximum Gasteiger partial charge on any atom is 0.253 e. The summed E-state index contributed by atoms with van der Waals surface area (Å²) in [4.78, 5) is 26.3. The third kappa shape index (κ3) is 4.33. The zero-order chi connectivity index (χ0) is 19.3. The van der Waals surface area contributed by atoms with Crippen LogP contribution in [0, 0.1) is 20.8 Å². The Morgan fingerprint density at radius 1 is 1.19 bits per heavy atom. The van der Waals surface area contributed by atoms with Crippen molar-refractivity contribution < 1.29 is 14.1 Å². The van der Waals surface area contributed by atoms with Gasteiger partial charge in [-0.2, -0.15) is 0 Å². The van der Waals surface area contributed by atoms with Crippen molar-refractivity contribution in [3.05, 3.63) is 34.8 Å². The molecule has 0 saturated heterocycles. The van der Waals surface area contributed by atoms with Gasteiger partial charge in [-0.15, -0.1) is 0 Å². The second-order valence-electron chi connectivity index (χ2n) is 6.34. The van der Waals surface area contributed by atoms with Gasteiger partial charge in [0, 0.05) is 43.5 Å². The monoisotopic (exact) mass is 360 g/mol. The van der Waals surface area contributed by atoms with Gasteiger partial charge >= 0.3 is 0 Å². The fraction of sp³-hybridized carbons (Fsp3) is 0.526. The van der Waals surface area contributed by atoms with Crippen molar-refractivity contribution in [3.63, 3.8) is 0 Å². The highest BCUT2D eigenvalue weighted by molar-refractivity contribution is 5.95. The van der Waals surface area contributed by atoms with Gasteiger partial charge in [-0.1, -0.05) is 5.16 Å². The number of aryl methyl sites for hydroxylation is 2. The molecule has 142 valence electrons. The van der Waals surface area contributed by atoms with E-state index in [1.807, 2.05) is 51.3 Å². The van der Waals surface area contributed by atoms with Crippen molar-refractivity contribution in [2.24, 2.45) is 0 Å². The Kier molecular flexibility index (Phi) is 6.60. The summed E-state index contributed by atoms with van der Waals surface area (Å²) in [5, 5.41) is 6.92. The first-order valence-corrected chi connectivity index (χ1v) is 9.07. The van der Waals surface area contributed by atoms with Crippen molar-refractivity contribution in [2.45, 2.75) is 47.5 Å². The van der Waals surface area contributed by atoms with Crippen LogP contribution in [-0.4, -0.2) is 46.1 Å². The first-order valence-electron chi connectivity index (χ1n) is 9.07. The maximum atomic E-state index is 12.5. The van der Waals surface area contributed by atoms with Gasteiger partial charge in [0.15, 0.2) is 5.82 Å². The molecule has 0 aliphatic carbocycles. The SMILES string of the molecule is CCN(CC)C(=O)CCCNC(=O)c1cc(C)n(-c2cc(C)on2)c1C. The third-order valence-electron chi connectivity index (χ3n) is 4.49. The molecule has 2 aromatic rings. The highest BCUT2D eigenvalue weighted by Crippen LogP contribution is 2.20.